The summed E-state index contributed by atoms with van der Waals surface area (Å²) in [6.45, 7) is 4.54. The fourth-order valence-electron chi connectivity index (χ4n) is 4.61. The standard InChI is InChI=1S/C23H30N4O/c24-21(20-6-2-1-3-7-20)8-13-26-14-9-23(10-15-26)11-16-27(22(23)28)18-19-5-4-12-25-17-19/h1-7,12,17,21H,8-11,13-16,18,24H2. The van der Waals surface area contributed by atoms with Gasteiger partial charge in [0.1, 0.15) is 0 Å². The van der Waals surface area contributed by atoms with Crippen LogP contribution in [0.3, 0.4) is 0 Å². The molecule has 2 saturated heterocycles. The average molecular weight is 379 g/mol. The van der Waals surface area contributed by atoms with Gasteiger partial charge in [-0.25, -0.2) is 0 Å². The molecule has 1 unspecified atom stereocenters. The molecule has 2 aliphatic heterocycles. The van der Waals surface area contributed by atoms with Gasteiger partial charge < -0.3 is 15.5 Å². The molecule has 1 atom stereocenters. The number of carbonyl (C=O) groups excluding carboxylic acids is 1. The highest BCUT2D eigenvalue weighted by Gasteiger charge is 2.47. The van der Waals surface area contributed by atoms with Crippen molar-refractivity contribution in [2.45, 2.75) is 38.3 Å². The van der Waals surface area contributed by atoms with Gasteiger partial charge in [-0.1, -0.05) is 36.4 Å². The maximum atomic E-state index is 13.1. The molecule has 1 aromatic carbocycles. The molecular formula is C23H30N4O. The van der Waals surface area contributed by atoms with E-state index in [0.717, 1.165) is 57.4 Å². The third-order valence-corrected chi connectivity index (χ3v) is 6.49. The zero-order valence-corrected chi connectivity index (χ0v) is 16.5. The minimum absolute atomic E-state index is 0.0835. The number of amides is 1. The minimum Gasteiger partial charge on any atom is -0.338 e. The lowest BCUT2D eigenvalue weighted by Crippen LogP contribution is -2.45. The van der Waals surface area contributed by atoms with Gasteiger partial charge >= 0.3 is 0 Å². The Hall–Kier alpha value is -2.24. The monoisotopic (exact) mass is 378 g/mol. The second kappa shape index (κ2) is 8.41. The topological polar surface area (TPSA) is 62.5 Å². The molecule has 28 heavy (non-hydrogen) atoms. The number of nitrogens with two attached hydrogens (primary N) is 1. The summed E-state index contributed by atoms with van der Waals surface area (Å²) in [5.74, 6) is 0.344. The lowest BCUT2D eigenvalue weighted by atomic mass is 9.77. The van der Waals surface area contributed by atoms with Gasteiger partial charge in [0.25, 0.3) is 0 Å². The Morgan fingerprint density at radius 2 is 1.79 bits per heavy atom. The maximum Gasteiger partial charge on any atom is 0.229 e. The van der Waals surface area contributed by atoms with Crippen LogP contribution in [0.4, 0.5) is 0 Å². The number of nitrogens with zero attached hydrogens (tertiary/aromatic N) is 3. The summed E-state index contributed by atoms with van der Waals surface area (Å²) in [5, 5.41) is 0. The van der Waals surface area contributed by atoms with Crippen molar-refractivity contribution in [3.05, 3.63) is 66.0 Å². The second-order valence-corrected chi connectivity index (χ2v) is 8.27. The lowest BCUT2D eigenvalue weighted by Gasteiger charge is -2.38. The van der Waals surface area contributed by atoms with E-state index in [1.807, 2.05) is 41.4 Å². The van der Waals surface area contributed by atoms with E-state index in [-0.39, 0.29) is 11.5 Å². The molecule has 0 bridgehead atoms. The number of pyridine rings is 1. The third kappa shape index (κ3) is 4.10. The first-order chi connectivity index (χ1) is 13.7. The molecule has 4 rings (SSSR count). The number of piperidine rings is 1. The van der Waals surface area contributed by atoms with Crippen molar-refractivity contribution in [2.75, 3.05) is 26.2 Å². The Bertz CT molecular complexity index is 772. The number of likely N-dealkylation sites (tertiary alicyclic amines) is 2. The van der Waals surface area contributed by atoms with E-state index < -0.39 is 0 Å². The van der Waals surface area contributed by atoms with Gasteiger partial charge in [-0.05, 0) is 62.5 Å². The third-order valence-electron chi connectivity index (χ3n) is 6.49. The molecule has 1 amide bonds. The second-order valence-electron chi connectivity index (χ2n) is 8.27. The molecule has 2 fully saturated rings. The predicted molar refractivity (Wildman–Crippen MR) is 110 cm³/mol. The van der Waals surface area contributed by atoms with Crippen LogP contribution < -0.4 is 5.73 Å². The van der Waals surface area contributed by atoms with Gasteiger partial charge in [0.2, 0.25) is 5.91 Å². The van der Waals surface area contributed by atoms with Crippen molar-refractivity contribution in [3.8, 4) is 0 Å². The largest absolute Gasteiger partial charge is 0.338 e. The Morgan fingerprint density at radius 3 is 2.50 bits per heavy atom. The van der Waals surface area contributed by atoms with Crippen LogP contribution in [0.5, 0.6) is 0 Å². The first-order valence-corrected chi connectivity index (χ1v) is 10.4. The van der Waals surface area contributed by atoms with Crippen molar-refractivity contribution in [3.63, 3.8) is 0 Å². The molecule has 2 N–H and O–H groups in total. The van der Waals surface area contributed by atoms with Crippen molar-refractivity contribution in [1.29, 1.82) is 0 Å². The Labute approximate surface area is 167 Å². The molecule has 0 radical (unpaired) electrons. The van der Waals surface area contributed by atoms with Crippen LogP contribution in [0.2, 0.25) is 0 Å². The molecule has 3 heterocycles. The zero-order chi connectivity index (χ0) is 19.4. The number of hydrogen-bond donors (Lipinski definition) is 1. The first-order valence-electron chi connectivity index (χ1n) is 10.4. The minimum atomic E-state index is -0.139. The fraction of sp³-hybridized carbons (Fsp3) is 0.478. The van der Waals surface area contributed by atoms with Gasteiger partial charge in [-0.15, -0.1) is 0 Å². The number of aromatic nitrogens is 1. The fourth-order valence-corrected chi connectivity index (χ4v) is 4.61. The summed E-state index contributed by atoms with van der Waals surface area (Å²) in [6, 6.07) is 14.4. The molecule has 2 aromatic rings. The van der Waals surface area contributed by atoms with Crippen molar-refractivity contribution in [1.82, 2.24) is 14.8 Å². The van der Waals surface area contributed by atoms with E-state index in [0.29, 0.717) is 12.5 Å². The quantitative estimate of drug-likeness (QED) is 0.839. The smallest absolute Gasteiger partial charge is 0.229 e. The van der Waals surface area contributed by atoms with Gasteiger partial charge in [0.15, 0.2) is 0 Å². The normalized spacial score (nSPS) is 20.6. The number of hydrogen-bond acceptors (Lipinski definition) is 4. The molecular weight excluding hydrogens is 348 g/mol. The van der Waals surface area contributed by atoms with Crippen LogP contribution in [0.15, 0.2) is 54.9 Å². The predicted octanol–water partition coefficient (Wildman–Crippen LogP) is 2.99. The van der Waals surface area contributed by atoms with Gasteiger partial charge in [-0.3, -0.25) is 9.78 Å². The Kier molecular flexibility index (Phi) is 5.74. The van der Waals surface area contributed by atoms with E-state index in [4.69, 9.17) is 5.73 Å². The summed E-state index contributed by atoms with van der Waals surface area (Å²) in [6.07, 6.45) is 7.51. The summed E-state index contributed by atoms with van der Waals surface area (Å²) in [5.41, 5.74) is 8.52. The zero-order valence-electron chi connectivity index (χ0n) is 16.5. The van der Waals surface area contributed by atoms with Gasteiger partial charge in [0.05, 0.1) is 5.41 Å². The van der Waals surface area contributed by atoms with Crippen LogP contribution in [0.1, 0.15) is 42.9 Å². The molecule has 5 nitrogen and oxygen atoms in total. The van der Waals surface area contributed by atoms with E-state index >= 15 is 0 Å². The molecule has 2 aliphatic rings. The lowest BCUT2D eigenvalue weighted by molar-refractivity contribution is -0.138. The summed E-state index contributed by atoms with van der Waals surface area (Å²) < 4.78 is 0. The Balaban J connectivity index is 1.27. The van der Waals surface area contributed by atoms with Crippen molar-refractivity contribution in [2.24, 2.45) is 11.1 Å². The number of rotatable bonds is 6. The average Bonchev–Trinajstić information content (AvgIpc) is 3.04. The van der Waals surface area contributed by atoms with E-state index in [2.05, 4.69) is 22.0 Å². The Morgan fingerprint density at radius 1 is 1.04 bits per heavy atom. The molecule has 148 valence electrons. The van der Waals surface area contributed by atoms with Gasteiger partial charge in [-0.2, -0.15) is 0 Å². The summed E-state index contributed by atoms with van der Waals surface area (Å²) in [7, 11) is 0. The molecule has 5 heteroatoms. The summed E-state index contributed by atoms with van der Waals surface area (Å²) >= 11 is 0. The van der Waals surface area contributed by atoms with Crippen LogP contribution in [0.25, 0.3) is 0 Å². The molecule has 1 aromatic heterocycles. The number of benzene rings is 1. The van der Waals surface area contributed by atoms with Crippen molar-refractivity contribution >= 4 is 5.91 Å². The van der Waals surface area contributed by atoms with E-state index in [1.165, 1.54) is 5.56 Å². The molecule has 1 spiro atoms. The maximum absolute atomic E-state index is 13.1. The van der Waals surface area contributed by atoms with E-state index in [9.17, 15) is 4.79 Å². The van der Waals surface area contributed by atoms with E-state index in [1.54, 1.807) is 6.20 Å². The van der Waals surface area contributed by atoms with Crippen LogP contribution in [0, 0.1) is 5.41 Å². The number of carbonyl (C=O) groups is 1. The highest BCUT2D eigenvalue weighted by atomic mass is 16.2. The van der Waals surface area contributed by atoms with Crippen LogP contribution in [-0.2, 0) is 11.3 Å². The summed E-state index contributed by atoms with van der Waals surface area (Å²) in [4.78, 5) is 21.8. The highest BCUT2D eigenvalue weighted by Crippen LogP contribution is 2.42. The van der Waals surface area contributed by atoms with Crippen LogP contribution in [-0.4, -0.2) is 46.9 Å². The highest BCUT2D eigenvalue weighted by molar-refractivity contribution is 5.85. The van der Waals surface area contributed by atoms with Crippen LogP contribution >= 0.6 is 0 Å². The first kappa shape index (κ1) is 19.1. The molecule has 0 saturated carbocycles. The van der Waals surface area contributed by atoms with Crippen molar-refractivity contribution < 1.29 is 4.79 Å². The van der Waals surface area contributed by atoms with Gasteiger partial charge in [0, 0.05) is 31.5 Å². The SMILES string of the molecule is NC(CCN1CCC2(CC1)CCN(Cc1cccnc1)C2=O)c1ccccc1. The molecule has 0 aliphatic carbocycles.